The van der Waals surface area contributed by atoms with Gasteiger partial charge in [-0.1, -0.05) is 0 Å². The topological polar surface area (TPSA) is 94.8 Å². The van der Waals surface area contributed by atoms with Gasteiger partial charge in [0, 0.05) is 24.2 Å². The summed E-state index contributed by atoms with van der Waals surface area (Å²) in [5.41, 5.74) is 0.167. The van der Waals surface area contributed by atoms with Crippen LogP contribution in [0.25, 0.3) is 0 Å². The largest absolute Gasteiger partial charge is 0.478 e. The number of aromatic carboxylic acids is 2. The second kappa shape index (κ2) is 7.99. The molecular formula is C9H10CuO5. The summed E-state index contributed by atoms with van der Waals surface area (Å²) in [6, 6.07) is 5.02. The average molecular weight is 262 g/mol. The number of carbonyl (C=O) groups is 2. The minimum atomic E-state index is -1.06. The zero-order valence-corrected chi connectivity index (χ0v) is 8.71. The Labute approximate surface area is 96.8 Å². The molecule has 6 heteroatoms. The fourth-order valence-electron chi connectivity index (χ4n) is 0.755. The average Bonchev–Trinajstić information content (AvgIpc) is 2.21. The van der Waals surface area contributed by atoms with Crippen LogP contribution < -0.4 is 0 Å². The number of hydrogen-bond acceptors (Lipinski definition) is 3. The molecule has 0 heterocycles. The molecule has 1 rings (SSSR count). The maximum Gasteiger partial charge on any atom is 0.335 e. The number of carboxylic acids is 2. The fraction of sp³-hybridized carbons (Fsp3) is 0.111. The van der Waals surface area contributed by atoms with Gasteiger partial charge in [-0.3, -0.25) is 0 Å². The molecule has 1 aromatic carbocycles. The monoisotopic (exact) mass is 261 g/mol. The minimum absolute atomic E-state index is 0. The van der Waals surface area contributed by atoms with E-state index in [0.717, 1.165) is 7.11 Å². The van der Waals surface area contributed by atoms with Crippen molar-refractivity contribution in [2.24, 2.45) is 0 Å². The third kappa shape index (κ3) is 5.17. The molecule has 0 aliphatic carbocycles. The van der Waals surface area contributed by atoms with Gasteiger partial charge in [0.25, 0.3) is 0 Å². The van der Waals surface area contributed by atoms with Crippen molar-refractivity contribution in [3.63, 3.8) is 0 Å². The van der Waals surface area contributed by atoms with Crippen LogP contribution in [0.4, 0.5) is 0 Å². The summed E-state index contributed by atoms with van der Waals surface area (Å²) < 4.78 is 0. The Hall–Kier alpha value is -1.36. The van der Waals surface area contributed by atoms with Gasteiger partial charge in [-0.05, 0) is 24.3 Å². The van der Waals surface area contributed by atoms with E-state index in [1.54, 1.807) is 0 Å². The molecule has 0 aliphatic rings. The first-order valence-electron chi connectivity index (χ1n) is 3.62. The van der Waals surface area contributed by atoms with Crippen LogP contribution in [0.15, 0.2) is 24.3 Å². The number of hydrogen-bond donors (Lipinski definition) is 3. The molecule has 0 amide bonds. The summed E-state index contributed by atoms with van der Waals surface area (Å²) in [5, 5.41) is 23.9. The van der Waals surface area contributed by atoms with Crippen molar-refractivity contribution < 1.29 is 42.0 Å². The van der Waals surface area contributed by atoms with Crippen molar-refractivity contribution >= 4 is 11.9 Å². The number of aliphatic hydroxyl groups is 1. The van der Waals surface area contributed by atoms with E-state index in [4.69, 9.17) is 15.3 Å². The van der Waals surface area contributed by atoms with Crippen LogP contribution >= 0.6 is 0 Å². The number of carboxylic acid groups (broad SMARTS) is 2. The number of benzene rings is 1. The predicted octanol–water partition coefficient (Wildman–Crippen LogP) is 0.689. The van der Waals surface area contributed by atoms with Crippen molar-refractivity contribution in [3.8, 4) is 0 Å². The van der Waals surface area contributed by atoms with Crippen LogP contribution in [0.5, 0.6) is 0 Å². The standard InChI is InChI=1S/C8H6O4.CH4O.Cu/c9-7(10)5-1-2-6(4-3-5)8(11)12;1-2;/h1-4H,(H,9,10)(H,11,12);2H,1H3;. The molecule has 0 fully saturated rings. The van der Waals surface area contributed by atoms with Crippen molar-refractivity contribution in [1.82, 2.24) is 0 Å². The van der Waals surface area contributed by atoms with Crippen LogP contribution in [0, 0.1) is 0 Å². The molecule has 0 aliphatic heterocycles. The summed E-state index contributed by atoms with van der Waals surface area (Å²) in [5.74, 6) is -2.13. The van der Waals surface area contributed by atoms with E-state index in [-0.39, 0.29) is 28.2 Å². The summed E-state index contributed by atoms with van der Waals surface area (Å²) in [4.78, 5) is 20.7. The Kier molecular flexibility index (Phi) is 8.57. The first-order valence-corrected chi connectivity index (χ1v) is 3.62. The van der Waals surface area contributed by atoms with Crippen LogP contribution in [0.2, 0.25) is 0 Å². The van der Waals surface area contributed by atoms with E-state index >= 15 is 0 Å². The van der Waals surface area contributed by atoms with Gasteiger partial charge in [0.05, 0.1) is 11.1 Å². The molecule has 3 N–H and O–H groups in total. The Balaban J connectivity index is 0. The van der Waals surface area contributed by atoms with E-state index in [0.29, 0.717) is 0 Å². The second-order valence-corrected chi connectivity index (χ2v) is 2.19. The van der Waals surface area contributed by atoms with Gasteiger partial charge >= 0.3 is 11.9 Å². The summed E-state index contributed by atoms with van der Waals surface area (Å²) in [6.07, 6.45) is 0. The maximum atomic E-state index is 10.3. The molecule has 87 valence electrons. The molecule has 1 radical (unpaired) electrons. The molecular weight excluding hydrogens is 252 g/mol. The first-order chi connectivity index (χ1) is 6.61. The molecule has 0 bridgehead atoms. The summed E-state index contributed by atoms with van der Waals surface area (Å²) >= 11 is 0. The van der Waals surface area contributed by atoms with Crippen molar-refractivity contribution in [1.29, 1.82) is 0 Å². The van der Waals surface area contributed by atoms with Gasteiger partial charge in [-0.2, -0.15) is 0 Å². The van der Waals surface area contributed by atoms with Gasteiger partial charge in [-0.15, -0.1) is 0 Å². The second-order valence-electron chi connectivity index (χ2n) is 2.19. The Morgan fingerprint density at radius 2 is 1.07 bits per heavy atom. The molecule has 15 heavy (non-hydrogen) atoms. The maximum absolute atomic E-state index is 10.3. The summed E-state index contributed by atoms with van der Waals surface area (Å²) in [6.45, 7) is 0. The number of aliphatic hydroxyl groups excluding tert-OH is 1. The van der Waals surface area contributed by atoms with Gasteiger partial charge in [0.15, 0.2) is 0 Å². The normalized spacial score (nSPS) is 7.87. The molecule has 0 saturated carbocycles. The summed E-state index contributed by atoms with van der Waals surface area (Å²) in [7, 11) is 1.00. The molecule has 0 atom stereocenters. The molecule has 0 saturated heterocycles. The van der Waals surface area contributed by atoms with Crippen LogP contribution in [0.3, 0.4) is 0 Å². The fourth-order valence-corrected chi connectivity index (χ4v) is 0.755. The quantitative estimate of drug-likeness (QED) is 0.681. The van der Waals surface area contributed by atoms with E-state index in [2.05, 4.69) is 0 Å². The Morgan fingerprint density at radius 3 is 1.20 bits per heavy atom. The molecule has 0 unspecified atom stereocenters. The van der Waals surface area contributed by atoms with Gasteiger partial charge in [-0.25, -0.2) is 9.59 Å². The van der Waals surface area contributed by atoms with E-state index in [1.165, 1.54) is 24.3 Å². The Morgan fingerprint density at radius 1 is 0.867 bits per heavy atom. The van der Waals surface area contributed by atoms with Crippen LogP contribution in [0.1, 0.15) is 20.7 Å². The zero-order chi connectivity index (χ0) is 11.1. The van der Waals surface area contributed by atoms with E-state index in [9.17, 15) is 9.59 Å². The van der Waals surface area contributed by atoms with Crippen LogP contribution in [-0.2, 0) is 17.1 Å². The van der Waals surface area contributed by atoms with Crippen molar-refractivity contribution in [2.75, 3.05) is 7.11 Å². The first kappa shape index (κ1) is 16.1. The Bertz CT molecular complexity index is 287. The smallest absolute Gasteiger partial charge is 0.335 e. The third-order valence-electron chi connectivity index (χ3n) is 1.38. The number of rotatable bonds is 2. The zero-order valence-electron chi connectivity index (χ0n) is 7.77. The molecule has 0 aromatic heterocycles. The van der Waals surface area contributed by atoms with Crippen molar-refractivity contribution in [3.05, 3.63) is 35.4 Å². The predicted molar refractivity (Wildman–Crippen MR) is 48.5 cm³/mol. The third-order valence-corrected chi connectivity index (χ3v) is 1.38. The molecule has 0 spiro atoms. The van der Waals surface area contributed by atoms with Crippen molar-refractivity contribution in [2.45, 2.75) is 0 Å². The molecule has 5 nitrogen and oxygen atoms in total. The van der Waals surface area contributed by atoms with E-state index < -0.39 is 11.9 Å². The molecule has 1 aromatic rings. The SMILES string of the molecule is CO.O=C(O)c1ccc(C(=O)O)cc1.[Cu]. The van der Waals surface area contributed by atoms with Gasteiger partial charge < -0.3 is 15.3 Å². The minimum Gasteiger partial charge on any atom is -0.478 e. The van der Waals surface area contributed by atoms with Gasteiger partial charge in [0.2, 0.25) is 0 Å². The van der Waals surface area contributed by atoms with Gasteiger partial charge in [0.1, 0.15) is 0 Å². The van der Waals surface area contributed by atoms with Crippen LogP contribution in [-0.4, -0.2) is 34.4 Å². The van der Waals surface area contributed by atoms with E-state index in [1.807, 2.05) is 0 Å².